The third-order valence-electron chi connectivity index (χ3n) is 5.27. The molecule has 4 heteroatoms. The van der Waals surface area contributed by atoms with Crippen molar-refractivity contribution >= 4 is 5.91 Å². The highest BCUT2D eigenvalue weighted by molar-refractivity contribution is 5.85. The van der Waals surface area contributed by atoms with Crippen LogP contribution in [0.25, 0.3) is 0 Å². The highest BCUT2D eigenvalue weighted by Gasteiger charge is 2.46. The minimum Gasteiger partial charge on any atom is -0.497 e. The van der Waals surface area contributed by atoms with Gasteiger partial charge < -0.3 is 14.4 Å². The van der Waals surface area contributed by atoms with Crippen LogP contribution in [0.5, 0.6) is 11.5 Å². The van der Waals surface area contributed by atoms with Crippen molar-refractivity contribution in [1.29, 1.82) is 0 Å². The molecule has 1 amide bonds. The Kier molecular flexibility index (Phi) is 4.27. The molecule has 1 aliphatic heterocycles. The number of amides is 1. The highest BCUT2D eigenvalue weighted by Crippen LogP contribution is 2.45. The maximum absolute atomic E-state index is 12.9. The van der Waals surface area contributed by atoms with Crippen molar-refractivity contribution in [3.05, 3.63) is 23.8 Å². The number of ether oxygens (including phenoxy) is 2. The van der Waals surface area contributed by atoms with Crippen LogP contribution >= 0.6 is 0 Å². The zero-order valence-electron chi connectivity index (χ0n) is 13.6. The van der Waals surface area contributed by atoms with E-state index < -0.39 is 0 Å². The van der Waals surface area contributed by atoms with Gasteiger partial charge in [-0.05, 0) is 31.4 Å². The molecule has 3 rings (SSSR count). The third-order valence-corrected chi connectivity index (χ3v) is 5.27. The van der Waals surface area contributed by atoms with Crippen LogP contribution in [0, 0.1) is 5.41 Å². The molecular weight excluding hydrogens is 278 g/mol. The largest absolute Gasteiger partial charge is 0.497 e. The highest BCUT2D eigenvalue weighted by atomic mass is 16.5. The van der Waals surface area contributed by atoms with E-state index in [9.17, 15) is 4.79 Å². The summed E-state index contributed by atoms with van der Waals surface area (Å²) in [6, 6.07) is 5.80. The molecule has 1 aromatic rings. The van der Waals surface area contributed by atoms with Gasteiger partial charge in [0.1, 0.15) is 11.5 Å². The average molecular weight is 303 g/mol. The van der Waals surface area contributed by atoms with Gasteiger partial charge in [0.05, 0.1) is 19.6 Å². The molecule has 1 spiro atoms. The van der Waals surface area contributed by atoms with E-state index in [0.717, 1.165) is 42.9 Å². The zero-order chi connectivity index (χ0) is 15.6. The fourth-order valence-corrected chi connectivity index (χ4v) is 3.92. The summed E-state index contributed by atoms with van der Waals surface area (Å²) < 4.78 is 10.7. The van der Waals surface area contributed by atoms with Gasteiger partial charge in [-0.2, -0.15) is 0 Å². The van der Waals surface area contributed by atoms with Gasteiger partial charge in [0.25, 0.3) is 0 Å². The molecule has 0 bridgehead atoms. The fourth-order valence-electron chi connectivity index (χ4n) is 3.92. The van der Waals surface area contributed by atoms with Gasteiger partial charge in [0.15, 0.2) is 0 Å². The molecule has 0 aromatic heterocycles. The van der Waals surface area contributed by atoms with Crippen molar-refractivity contribution in [2.45, 2.75) is 45.1 Å². The van der Waals surface area contributed by atoms with Gasteiger partial charge in [-0.1, -0.05) is 19.3 Å². The van der Waals surface area contributed by atoms with E-state index in [1.54, 1.807) is 14.2 Å². The Morgan fingerprint density at radius 2 is 1.86 bits per heavy atom. The molecule has 1 saturated carbocycles. The van der Waals surface area contributed by atoms with Crippen LogP contribution in [0.1, 0.15) is 44.1 Å². The first-order valence-corrected chi connectivity index (χ1v) is 8.19. The number of likely N-dealkylation sites (tertiary alicyclic amines) is 1. The molecule has 1 aromatic carbocycles. The average Bonchev–Trinajstić information content (AvgIpc) is 2.85. The van der Waals surface area contributed by atoms with Crippen molar-refractivity contribution in [3.8, 4) is 11.5 Å². The second-order valence-electron chi connectivity index (χ2n) is 6.50. The number of hydrogen-bond acceptors (Lipinski definition) is 3. The number of carbonyl (C=O) groups excluding carboxylic acids is 1. The van der Waals surface area contributed by atoms with Gasteiger partial charge in [0, 0.05) is 24.7 Å². The number of benzene rings is 1. The van der Waals surface area contributed by atoms with Gasteiger partial charge >= 0.3 is 0 Å². The normalized spacial score (nSPS) is 20.5. The van der Waals surface area contributed by atoms with Crippen molar-refractivity contribution < 1.29 is 14.3 Å². The predicted molar refractivity (Wildman–Crippen MR) is 85.1 cm³/mol. The van der Waals surface area contributed by atoms with E-state index in [0.29, 0.717) is 12.5 Å². The van der Waals surface area contributed by atoms with Crippen molar-refractivity contribution in [2.24, 2.45) is 5.41 Å². The Labute approximate surface area is 132 Å². The summed E-state index contributed by atoms with van der Waals surface area (Å²) in [4.78, 5) is 14.9. The van der Waals surface area contributed by atoms with E-state index >= 15 is 0 Å². The van der Waals surface area contributed by atoms with Crippen molar-refractivity contribution in [1.82, 2.24) is 4.90 Å². The van der Waals surface area contributed by atoms with Crippen LogP contribution < -0.4 is 9.47 Å². The quantitative estimate of drug-likeness (QED) is 0.856. The molecule has 120 valence electrons. The molecule has 1 aliphatic carbocycles. The van der Waals surface area contributed by atoms with Crippen molar-refractivity contribution in [3.63, 3.8) is 0 Å². The Morgan fingerprint density at radius 1 is 1.09 bits per heavy atom. The third kappa shape index (κ3) is 2.67. The number of carbonyl (C=O) groups is 1. The molecular formula is C18H25NO3. The Morgan fingerprint density at radius 3 is 2.55 bits per heavy atom. The molecule has 0 atom stereocenters. The summed E-state index contributed by atoms with van der Waals surface area (Å²) >= 11 is 0. The van der Waals surface area contributed by atoms with E-state index in [1.165, 1.54) is 19.3 Å². The smallest absolute Gasteiger partial charge is 0.229 e. The topological polar surface area (TPSA) is 38.8 Å². The van der Waals surface area contributed by atoms with Gasteiger partial charge in [-0.25, -0.2) is 0 Å². The molecule has 22 heavy (non-hydrogen) atoms. The molecule has 0 N–H and O–H groups in total. The van der Waals surface area contributed by atoms with Crippen LogP contribution in [-0.4, -0.2) is 31.6 Å². The van der Waals surface area contributed by atoms with E-state index in [2.05, 4.69) is 0 Å². The molecule has 0 radical (unpaired) electrons. The zero-order valence-corrected chi connectivity index (χ0v) is 13.6. The summed E-state index contributed by atoms with van der Waals surface area (Å²) in [5.74, 6) is 1.92. The Bertz CT molecular complexity index is 549. The summed E-state index contributed by atoms with van der Waals surface area (Å²) in [6.45, 7) is 1.50. The maximum atomic E-state index is 12.9. The lowest BCUT2D eigenvalue weighted by molar-refractivity contribution is -0.138. The lowest BCUT2D eigenvalue weighted by atomic mass is 9.73. The van der Waals surface area contributed by atoms with Crippen molar-refractivity contribution in [2.75, 3.05) is 20.8 Å². The minimum atomic E-state index is -0.0576. The molecule has 1 saturated heterocycles. The van der Waals surface area contributed by atoms with Crippen LogP contribution in [0.4, 0.5) is 0 Å². The molecule has 1 heterocycles. The number of rotatable bonds is 4. The van der Waals surface area contributed by atoms with Gasteiger partial charge in [0.2, 0.25) is 5.91 Å². The number of hydrogen-bond donors (Lipinski definition) is 0. The predicted octanol–water partition coefficient (Wildman–Crippen LogP) is 3.39. The monoisotopic (exact) mass is 303 g/mol. The number of nitrogens with zero attached hydrogens (tertiary/aromatic N) is 1. The van der Waals surface area contributed by atoms with Crippen LogP contribution in [-0.2, 0) is 11.3 Å². The number of methoxy groups -OCH3 is 2. The van der Waals surface area contributed by atoms with E-state index in [1.807, 2.05) is 23.1 Å². The minimum absolute atomic E-state index is 0.0576. The lowest BCUT2D eigenvalue weighted by Gasteiger charge is -2.31. The maximum Gasteiger partial charge on any atom is 0.229 e. The van der Waals surface area contributed by atoms with E-state index in [4.69, 9.17) is 9.47 Å². The second-order valence-corrected chi connectivity index (χ2v) is 6.50. The second kappa shape index (κ2) is 6.19. The summed E-state index contributed by atoms with van der Waals surface area (Å²) in [6.07, 6.45) is 6.84. The lowest BCUT2D eigenvalue weighted by Crippen LogP contribution is -2.35. The molecule has 4 nitrogen and oxygen atoms in total. The first-order valence-electron chi connectivity index (χ1n) is 8.19. The fraction of sp³-hybridized carbons (Fsp3) is 0.611. The first kappa shape index (κ1) is 15.2. The van der Waals surface area contributed by atoms with Crippen LogP contribution in [0.2, 0.25) is 0 Å². The molecule has 0 unspecified atom stereocenters. The Hall–Kier alpha value is -1.71. The summed E-state index contributed by atoms with van der Waals surface area (Å²) in [7, 11) is 3.30. The first-order chi connectivity index (χ1) is 10.7. The summed E-state index contributed by atoms with van der Waals surface area (Å²) in [5.41, 5.74) is 0.988. The molecule has 2 aliphatic rings. The van der Waals surface area contributed by atoms with E-state index in [-0.39, 0.29) is 5.41 Å². The standard InChI is InChI=1S/C18H25NO3/c1-21-15-7-6-14(16(12-15)22-2)13-19-11-10-18(17(19)20)8-4-3-5-9-18/h6-7,12H,3-5,8-11,13H2,1-2H3. The Balaban J connectivity index is 1.75. The SMILES string of the molecule is COc1ccc(CN2CCC3(CCCCC3)C2=O)c(OC)c1. The van der Waals surface area contributed by atoms with Gasteiger partial charge in [-0.3, -0.25) is 4.79 Å². The van der Waals surface area contributed by atoms with Gasteiger partial charge in [-0.15, -0.1) is 0 Å². The van der Waals surface area contributed by atoms with Crippen LogP contribution in [0.3, 0.4) is 0 Å². The van der Waals surface area contributed by atoms with Crippen LogP contribution in [0.15, 0.2) is 18.2 Å². The molecule has 2 fully saturated rings. The summed E-state index contributed by atoms with van der Waals surface area (Å²) in [5, 5.41) is 0.